The van der Waals surface area contributed by atoms with Crippen molar-refractivity contribution in [2.24, 2.45) is 5.92 Å². The van der Waals surface area contributed by atoms with Gasteiger partial charge in [-0.15, -0.1) is 0 Å². The van der Waals surface area contributed by atoms with Crippen LogP contribution in [0.3, 0.4) is 0 Å². The first-order chi connectivity index (χ1) is 11.2. The van der Waals surface area contributed by atoms with Crippen LogP contribution < -0.4 is 4.74 Å². The van der Waals surface area contributed by atoms with Crippen LogP contribution in [0.15, 0.2) is 24.3 Å². The van der Waals surface area contributed by atoms with E-state index in [0.717, 1.165) is 5.56 Å². The molecule has 132 valence electrons. The number of carbonyl (C=O) groups excluding carboxylic acids is 1. The van der Waals surface area contributed by atoms with Crippen molar-refractivity contribution < 1.29 is 24.2 Å². The Kier molecular flexibility index (Phi) is 5.36. The van der Waals surface area contributed by atoms with Crippen LogP contribution in [0, 0.1) is 5.92 Å². The number of piperidine rings is 1. The molecule has 1 fully saturated rings. The van der Waals surface area contributed by atoms with Gasteiger partial charge >= 0.3 is 12.1 Å². The summed E-state index contributed by atoms with van der Waals surface area (Å²) in [6.07, 6.45) is 0.112. The third-order valence-corrected chi connectivity index (χ3v) is 4.10. The highest BCUT2D eigenvalue weighted by Gasteiger charge is 2.38. The first-order valence-electron chi connectivity index (χ1n) is 8.06. The second kappa shape index (κ2) is 7.11. The molecule has 0 aromatic heterocycles. The molecule has 0 radical (unpaired) electrons. The predicted octanol–water partition coefficient (Wildman–Crippen LogP) is 3.12. The van der Waals surface area contributed by atoms with Crippen LogP contribution in [0.1, 0.15) is 38.7 Å². The van der Waals surface area contributed by atoms with Crippen LogP contribution in [0.5, 0.6) is 5.75 Å². The Bertz CT molecular complexity index is 608. The van der Waals surface area contributed by atoms with Gasteiger partial charge in [0.1, 0.15) is 11.4 Å². The summed E-state index contributed by atoms with van der Waals surface area (Å²) in [5.41, 5.74) is 0.324. The average molecular weight is 335 g/mol. The maximum absolute atomic E-state index is 12.2. The molecule has 6 heteroatoms. The van der Waals surface area contributed by atoms with Crippen molar-refractivity contribution in [2.75, 3.05) is 20.2 Å². The summed E-state index contributed by atoms with van der Waals surface area (Å²) < 4.78 is 10.6. The summed E-state index contributed by atoms with van der Waals surface area (Å²) in [7, 11) is 1.58. The molecule has 1 amide bonds. The molecule has 2 atom stereocenters. The van der Waals surface area contributed by atoms with Gasteiger partial charge in [0, 0.05) is 19.0 Å². The quantitative estimate of drug-likeness (QED) is 0.918. The van der Waals surface area contributed by atoms with Gasteiger partial charge in [-0.3, -0.25) is 4.79 Å². The lowest BCUT2D eigenvalue weighted by molar-refractivity contribution is -0.144. The maximum Gasteiger partial charge on any atom is 0.410 e. The highest BCUT2D eigenvalue weighted by Crippen LogP contribution is 2.35. The lowest BCUT2D eigenvalue weighted by atomic mass is 9.80. The molecule has 1 aliphatic rings. The van der Waals surface area contributed by atoms with E-state index in [1.807, 2.05) is 24.3 Å². The predicted molar refractivity (Wildman–Crippen MR) is 89.3 cm³/mol. The molecule has 1 saturated heterocycles. The van der Waals surface area contributed by atoms with Gasteiger partial charge in [0.15, 0.2) is 0 Å². The van der Waals surface area contributed by atoms with E-state index in [4.69, 9.17) is 9.47 Å². The monoisotopic (exact) mass is 335 g/mol. The summed E-state index contributed by atoms with van der Waals surface area (Å²) in [5.74, 6) is -1.03. The lowest BCUT2D eigenvalue weighted by Crippen LogP contribution is -2.47. The number of methoxy groups -OCH3 is 1. The zero-order chi connectivity index (χ0) is 17.9. The molecular formula is C18H25NO5. The van der Waals surface area contributed by atoms with E-state index in [1.54, 1.807) is 27.9 Å². The first-order valence-corrected chi connectivity index (χ1v) is 8.06. The van der Waals surface area contributed by atoms with Crippen LogP contribution in [0.4, 0.5) is 4.79 Å². The summed E-state index contributed by atoms with van der Waals surface area (Å²) in [6.45, 7) is 6.00. The van der Waals surface area contributed by atoms with Crippen molar-refractivity contribution in [1.29, 1.82) is 0 Å². The Morgan fingerprint density at radius 2 is 2.00 bits per heavy atom. The Balaban J connectivity index is 2.16. The zero-order valence-electron chi connectivity index (χ0n) is 14.6. The second-order valence-electron chi connectivity index (χ2n) is 7.04. The van der Waals surface area contributed by atoms with Crippen LogP contribution in [-0.2, 0) is 9.53 Å². The molecule has 6 nitrogen and oxygen atoms in total. The third-order valence-electron chi connectivity index (χ3n) is 4.10. The van der Waals surface area contributed by atoms with Gasteiger partial charge < -0.3 is 19.5 Å². The van der Waals surface area contributed by atoms with E-state index in [9.17, 15) is 14.7 Å². The number of ether oxygens (including phenoxy) is 2. The molecular weight excluding hydrogens is 310 g/mol. The number of carbonyl (C=O) groups is 2. The zero-order valence-corrected chi connectivity index (χ0v) is 14.6. The van der Waals surface area contributed by atoms with Crippen LogP contribution in [-0.4, -0.2) is 47.9 Å². The number of benzene rings is 1. The SMILES string of the molecule is COc1cccc(C2CCN(C(=O)OC(C)(C)C)CC2C(=O)O)c1. The fourth-order valence-corrected chi connectivity index (χ4v) is 2.97. The fraction of sp³-hybridized carbons (Fsp3) is 0.556. The summed E-state index contributed by atoms with van der Waals surface area (Å²) >= 11 is 0. The normalized spacial score (nSPS) is 21.2. The average Bonchev–Trinajstić information content (AvgIpc) is 2.52. The minimum Gasteiger partial charge on any atom is -0.497 e. The van der Waals surface area contributed by atoms with Gasteiger partial charge in [-0.2, -0.15) is 0 Å². The molecule has 1 aliphatic heterocycles. The Morgan fingerprint density at radius 1 is 1.29 bits per heavy atom. The van der Waals surface area contributed by atoms with Gasteiger partial charge in [0.2, 0.25) is 0 Å². The summed E-state index contributed by atoms with van der Waals surface area (Å²) in [6, 6.07) is 7.46. The topological polar surface area (TPSA) is 76.1 Å². The van der Waals surface area contributed by atoms with E-state index in [2.05, 4.69) is 0 Å². The number of likely N-dealkylation sites (tertiary alicyclic amines) is 1. The van der Waals surface area contributed by atoms with Crippen LogP contribution >= 0.6 is 0 Å². The van der Waals surface area contributed by atoms with Gasteiger partial charge in [0.05, 0.1) is 13.0 Å². The molecule has 1 aromatic rings. The molecule has 1 heterocycles. The van der Waals surface area contributed by atoms with Gasteiger partial charge in [-0.1, -0.05) is 12.1 Å². The number of carboxylic acids is 1. The maximum atomic E-state index is 12.2. The van der Waals surface area contributed by atoms with Crippen molar-refractivity contribution >= 4 is 12.1 Å². The smallest absolute Gasteiger partial charge is 0.410 e. The molecule has 0 bridgehead atoms. The van der Waals surface area contributed by atoms with E-state index in [-0.39, 0.29) is 12.5 Å². The van der Waals surface area contributed by atoms with Gasteiger partial charge in [-0.05, 0) is 44.9 Å². The summed E-state index contributed by atoms with van der Waals surface area (Å²) in [4.78, 5) is 25.4. The van der Waals surface area contributed by atoms with Crippen molar-refractivity contribution in [1.82, 2.24) is 4.90 Å². The van der Waals surface area contributed by atoms with Crippen molar-refractivity contribution in [3.63, 3.8) is 0 Å². The number of nitrogens with zero attached hydrogens (tertiary/aromatic N) is 1. The molecule has 0 aliphatic carbocycles. The highest BCUT2D eigenvalue weighted by molar-refractivity contribution is 5.74. The van der Waals surface area contributed by atoms with Crippen molar-refractivity contribution in [3.8, 4) is 5.75 Å². The molecule has 2 rings (SSSR count). The number of carboxylic acid groups (broad SMARTS) is 1. The van der Waals surface area contributed by atoms with E-state index < -0.39 is 23.6 Å². The van der Waals surface area contributed by atoms with Crippen molar-refractivity contribution in [3.05, 3.63) is 29.8 Å². The number of aliphatic carboxylic acids is 1. The lowest BCUT2D eigenvalue weighted by Gasteiger charge is -2.37. The van der Waals surface area contributed by atoms with Gasteiger partial charge in [0.25, 0.3) is 0 Å². The number of hydrogen-bond acceptors (Lipinski definition) is 4. The molecule has 2 unspecified atom stereocenters. The van der Waals surface area contributed by atoms with E-state index in [1.165, 1.54) is 4.90 Å². The molecule has 1 N–H and O–H groups in total. The molecule has 24 heavy (non-hydrogen) atoms. The Morgan fingerprint density at radius 3 is 2.58 bits per heavy atom. The Hall–Kier alpha value is -2.24. The Labute approximate surface area is 142 Å². The number of hydrogen-bond donors (Lipinski definition) is 1. The minimum absolute atomic E-state index is 0.145. The van der Waals surface area contributed by atoms with Crippen molar-refractivity contribution in [2.45, 2.75) is 38.7 Å². The molecule has 0 saturated carbocycles. The van der Waals surface area contributed by atoms with E-state index >= 15 is 0 Å². The highest BCUT2D eigenvalue weighted by atomic mass is 16.6. The summed E-state index contributed by atoms with van der Waals surface area (Å²) in [5, 5.41) is 9.62. The van der Waals surface area contributed by atoms with Crippen LogP contribution in [0.25, 0.3) is 0 Å². The van der Waals surface area contributed by atoms with E-state index in [0.29, 0.717) is 18.7 Å². The van der Waals surface area contributed by atoms with Crippen LogP contribution in [0.2, 0.25) is 0 Å². The number of amides is 1. The number of rotatable bonds is 3. The largest absolute Gasteiger partial charge is 0.497 e. The standard InChI is InChI=1S/C18H25NO5/c1-18(2,3)24-17(22)19-9-8-14(15(11-19)16(20)21)12-6-5-7-13(10-12)23-4/h5-7,10,14-15H,8-9,11H2,1-4H3,(H,20,21). The van der Waals surface area contributed by atoms with Gasteiger partial charge in [-0.25, -0.2) is 4.79 Å². The second-order valence-corrected chi connectivity index (χ2v) is 7.04. The third kappa shape index (κ3) is 4.40. The fourth-order valence-electron chi connectivity index (χ4n) is 2.97. The molecule has 1 aromatic carbocycles. The first kappa shape index (κ1) is 18.1. The minimum atomic E-state index is -0.906. The molecule has 0 spiro atoms.